The number of carbonyl (C=O) groups is 3. The van der Waals surface area contributed by atoms with Gasteiger partial charge in [-0.3, -0.25) is 19.3 Å². The van der Waals surface area contributed by atoms with Gasteiger partial charge in [0.15, 0.2) is 5.78 Å². The first-order chi connectivity index (χ1) is 10.6. The second-order valence-electron chi connectivity index (χ2n) is 5.37. The van der Waals surface area contributed by atoms with Crippen LogP contribution in [0.4, 0.5) is 0 Å². The van der Waals surface area contributed by atoms with Crippen molar-refractivity contribution in [2.45, 2.75) is 13.3 Å². The third-order valence-electron chi connectivity index (χ3n) is 3.59. The predicted molar refractivity (Wildman–Crippen MR) is 82.8 cm³/mol. The molecule has 118 valence electrons. The van der Waals surface area contributed by atoms with E-state index in [1.807, 2.05) is 0 Å². The number of piperazine rings is 1. The summed E-state index contributed by atoms with van der Waals surface area (Å²) in [7, 11) is 0. The number of benzene rings is 1. The number of rotatable bonds is 6. The van der Waals surface area contributed by atoms with Crippen molar-refractivity contribution in [2.75, 3.05) is 32.7 Å². The Balaban J connectivity index is 1.74. The molecule has 1 aromatic carbocycles. The molecule has 0 aliphatic carbocycles. The van der Waals surface area contributed by atoms with Crippen molar-refractivity contribution in [3.63, 3.8) is 0 Å². The van der Waals surface area contributed by atoms with Gasteiger partial charge in [0, 0.05) is 37.3 Å². The van der Waals surface area contributed by atoms with Crippen LogP contribution >= 0.6 is 0 Å². The molecule has 22 heavy (non-hydrogen) atoms. The third-order valence-corrected chi connectivity index (χ3v) is 3.59. The molecule has 0 atom stereocenters. The smallest absolute Gasteiger partial charge is 0.251 e. The number of ketones is 1. The van der Waals surface area contributed by atoms with E-state index in [0.717, 1.165) is 19.5 Å². The lowest BCUT2D eigenvalue weighted by molar-refractivity contribution is -0.124. The van der Waals surface area contributed by atoms with Gasteiger partial charge in [-0.25, -0.2) is 0 Å². The van der Waals surface area contributed by atoms with Crippen LogP contribution in [0, 0.1) is 0 Å². The number of hydrogen-bond acceptors (Lipinski definition) is 4. The highest BCUT2D eigenvalue weighted by Gasteiger charge is 2.15. The lowest BCUT2D eigenvalue weighted by Crippen LogP contribution is -2.48. The van der Waals surface area contributed by atoms with E-state index < -0.39 is 0 Å². The average Bonchev–Trinajstić information content (AvgIpc) is 2.51. The number of nitrogens with one attached hydrogen (secondary N) is 2. The van der Waals surface area contributed by atoms with Crippen LogP contribution in [-0.2, 0) is 4.79 Å². The van der Waals surface area contributed by atoms with Crippen LogP contribution in [0.2, 0.25) is 0 Å². The number of hydrogen-bond donors (Lipinski definition) is 2. The molecule has 2 amide bonds. The molecular weight excluding hydrogens is 282 g/mol. The van der Waals surface area contributed by atoms with Crippen LogP contribution in [0.15, 0.2) is 24.3 Å². The second kappa shape index (κ2) is 7.70. The molecule has 0 unspecified atom stereocenters. The Morgan fingerprint density at radius 2 is 2.09 bits per heavy atom. The predicted octanol–water partition coefficient (Wildman–Crippen LogP) is 0.441. The minimum atomic E-state index is -0.181. The minimum Gasteiger partial charge on any atom is -0.354 e. The van der Waals surface area contributed by atoms with Gasteiger partial charge in [0.05, 0.1) is 6.54 Å². The monoisotopic (exact) mass is 303 g/mol. The Hall–Kier alpha value is -2.21. The third kappa shape index (κ3) is 4.66. The van der Waals surface area contributed by atoms with Crippen LogP contribution in [-0.4, -0.2) is 55.2 Å². The van der Waals surface area contributed by atoms with E-state index in [0.29, 0.717) is 30.8 Å². The summed E-state index contributed by atoms with van der Waals surface area (Å²) in [6, 6.07) is 6.70. The highest BCUT2D eigenvalue weighted by molar-refractivity contribution is 5.99. The first-order valence-corrected chi connectivity index (χ1v) is 7.44. The summed E-state index contributed by atoms with van der Waals surface area (Å²) in [4.78, 5) is 36.6. The van der Waals surface area contributed by atoms with Gasteiger partial charge in [-0.2, -0.15) is 0 Å². The molecule has 0 spiro atoms. The molecule has 1 aromatic rings. The minimum absolute atomic E-state index is 0.0522. The second-order valence-corrected chi connectivity index (χ2v) is 5.37. The number of Topliss-reactive ketones (excluding diaryl/α,β-unsaturated/α-hetero) is 1. The molecule has 1 heterocycles. The summed E-state index contributed by atoms with van der Waals surface area (Å²) in [5.74, 6) is -0.186. The lowest BCUT2D eigenvalue weighted by Gasteiger charge is -2.26. The van der Waals surface area contributed by atoms with Crippen molar-refractivity contribution in [3.8, 4) is 0 Å². The summed E-state index contributed by atoms with van der Waals surface area (Å²) in [6.45, 7) is 4.76. The fourth-order valence-electron chi connectivity index (χ4n) is 2.37. The Morgan fingerprint density at radius 3 is 2.82 bits per heavy atom. The molecule has 1 fully saturated rings. The quantitative estimate of drug-likeness (QED) is 0.590. The van der Waals surface area contributed by atoms with Gasteiger partial charge in [0.2, 0.25) is 5.91 Å². The maximum absolute atomic E-state index is 12.0. The van der Waals surface area contributed by atoms with Gasteiger partial charge in [0.25, 0.3) is 5.91 Å². The van der Waals surface area contributed by atoms with Crippen molar-refractivity contribution < 1.29 is 14.4 Å². The van der Waals surface area contributed by atoms with Crippen LogP contribution in [0.1, 0.15) is 34.1 Å². The molecule has 6 nitrogen and oxygen atoms in total. The summed E-state index contributed by atoms with van der Waals surface area (Å²) < 4.78 is 0. The average molecular weight is 303 g/mol. The van der Waals surface area contributed by atoms with E-state index in [9.17, 15) is 14.4 Å². The Labute approximate surface area is 129 Å². The molecule has 2 rings (SSSR count). The molecule has 0 aromatic heterocycles. The number of carbonyl (C=O) groups excluding carboxylic acids is 3. The highest BCUT2D eigenvalue weighted by atomic mass is 16.2. The van der Waals surface area contributed by atoms with Crippen molar-refractivity contribution in [2.24, 2.45) is 0 Å². The molecule has 6 heteroatoms. The van der Waals surface area contributed by atoms with Crippen LogP contribution in [0.3, 0.4) is 0 Å². The zero-order chi connectivity index (χ0) is 15.9. The summed E-state index contributed by atoms with van der Waals surface area (Å²) in [5, 5.41) is 5.62. The van der Waals surface area contributed by atoms with Gasteiger partial charge >= 0.3 is 0 Å². The van der Waals surface area contributed by atoms with Gasteiger partial charge < -0.3 is 10.6 Å². The zero-order valence-corrected chi connectivity index (χ0v) is 12.7. The van der Waals surface area contributed by atoms with Crippen LogP contribution < -0.4 is 10.6 Å². The summed E-state index contributed by atoms with van der Waals surface area (Å²) in [5.41, 5.74) is 1.03. The molecule has 1 saturated heterocycles. The van der Waals surface area contributed by atoms with Crippen molar-refractivity contribution in [1.82, 2.24) is 15.5 Å². The molecule has 1 aliphatic heterocycles. The number of amides is 2. The van der Waals surface area contributed by atoms with E-state index >= 15 is 0 Å². The van der Waals surface area contributed by atoms with Crippen LogP contribution in [0.5, 0.6) is 0 Å². The molecule has 0 bridgehead atoms. The van der Waals surface area contributed by atoms with E-state index in [-0.39, 0.29) is 17.6 Å². The van der Waals surface area contributed by atoms with Crippen LogP contribution in [0.25, 0.3) is 0 Å². The van der Waals surface area contributed by atoms with Crippen molar-refractivity contribution >= 4 is 17.6 Å². The van der Waals surface area contributed by atoms with Gasteiger partial charge in [0.1, 0.15) is 0 Å². The standard InChI is InChI=1S/C16H21N3O3/c1-12(20)13-4-2-5-14(10-13)16(22)18-6-3-8-19-9-7-17-15(21)11-19/h2,4-5,10H,3,6-9,11H2,1H3,(H,17,21)(H,18,22). The maximum atomic E-state index is 12.0. The molecule has 0 saturated carbocycles. The van der Waals surface area contributed by atoms with Gasteiger partial charge in [-0.1, -0.05) is 12.1 Å². The first kappa shape index (κ1) is 16.2. The Morgan fingerprint density at radius 1 is 1.32 bits per heavy atom. The molecule has 0 radical (unpaired) electrons. The summed E-state index contributed by atoms with van der Waals surface area (Å²) >= 11 is 0. The van der Waals surface area contributed by atoms with E-state index in [2.05, 4.69) is 15.5 Å². The number of nitrogens with zero attached hydrogens (tertiary/aromatic N) is 1. The molecule has 2 N–H and O–H groups in total. The lowest BCUT2D eigenvalue weighted by atomic mass is 10.1. The maximum Gasteiger partial charge on any atom is 0.251 e. The Bertz CT molecular complexity index is 572. The van der Waals surface area contributed by atoms with Gasteiger partial charge in [-0.15, -0.1) is 0 Å². The molecular formula is C16H21N3O3. The van der Waals surface area contributed by atoms with Crippen molar-refractivity contribution in [3.05, 3.63) is 35.4 Å². The van der Waals surface area contributed by atoms with Gasteiger partial charge in [-0.05, 0) is 25.5 Å². The fourth-order valence-corrected chi connectivity index (χ4v) is 2.37. The zero-order valence-electron chi connectivity index (χ0n) is 12.7. The van der Waals surface area contributed by atoms with E-state index in [4.69, 9.17) is 0 Å². The Kier molecular flexibility index (Phi) is 5.66. The SMILES string of the molecule is CC(=O)c1cccc(C(=O)NCCCN2CCNC(=O)C2)c1. The van der Waals surface area contributed by atoms with E-state index in [1.165, 1.54) is 6.92 Å². The highest BCUT2D eigenvalue weighted by Crippen LogP contribution is 2.06. The largest absolute Gasteiger partial charge is 0.354 e. The van der Waals surface area contributed by atoms with E-state index in [1.54, 1.807) is 24.3 Å². The fraction of sp³-hybridized carbons (Fsp3) is 0.438. The van der Waals surface area contributed by atoms with Crippen molar-refractivity contribution in [1.29, 1.82) is 0 Å². The summed E-state index contributed by atoms with van der Waals surface area (Å²) in [6.07, 6.45) is 0.783. The topological polar surface area (TPSA) is 78.5 Å². The normalized spacial score (nSPS) is 15.2. The first-order valence-electron chi connectivity index (χ1n) is 7.44. The molecule has 1 aliphatic rings.